The van der Waals surface area contributed by atoms with E-state index in [1.54, 1.807) is 0 Å². The lowest BCUT2D eigenvalue weighted by Crippen LogP contribution is -2.18. The van der Waals surface area contributed by atoms with Gasteiger partial charge in [0.2, 0.25) is 0 Å². The zero-order valence-electron chi connectivity index (χ0n) is 8.19. The SMILES string of the molecule is COc1cc(OC(F)(F)F)c(Br)nc1C(F)F. The van der Waals surface area contributed by atoms with E-state index in [2.05, 4.69) is 30.4 Å². The van der Waals surface area contributed by atoms with Crippen LogP contribution in [0.1, 0.15) is 12.1 Å². The van der Waals surface area contributed by atoms with Gasteiger partial charge in [0, 0.05) is 6.07 Å². The third-order valence-corrected chi connectivity index (χ3v) is 2.16. The Labute approximate surface area is 101 Å². The largest absolute Gasteiger partial charge is 0.573 e. The summed E-state index contributed by atoms with van der Waals surface area (Å²) in [6.45, 7) is 0. The van der Waals surface area contributed by atoms with Crippen LogP contribution in [-0.2, 0) is 0 Å². The summed E-state index contributed by atoms with van der Waals surface area (Å²) in [6.07, 6.45) is -7.91. The van der Waals surface area contributed by atoms with E-state index in [-0.39, 0.29) is 0 Å². The molecule has 3 nitrogen and oxygen atoms in total. The van der Waals surface area contributed by atoms with E-state index in [4.69, 9.17) is 0 Å². The number of methoxy groups -OCH3 is 1. The van der Waals surface area contributed by atoms with Crippen molar-refractivity contribution in [1.29, 1.82) is 0 Å². The highest BCUT2D eigenvalue weighted by Crippen LogP contribution is 2.36. The normalized spacial score (nSPS) is 11.8. The monoisotopic (exact) mass is 321 g/mol. The second-order valence-electron chi connectivity index (χ2n) is 2.71. The summed E-state index contributed by atoms with van der Waals surface area (Å²) < 4.78 is 68.3. The number of hydrogen-bond acceptors (Lipinski definition) is 3. The van der Waals surface area contributed by atoms with Gasteiger partial charge in [-0.05, 0) is 15.9 Å². The van der Waals surface area contributed by atoms with Crippen LogP contribution in [0.15, 0.2) is 10.7 Å². The summed E-state index contributed by atoms with van der Waals surface area (Å²) in [5.74, 6) is -1.24. The first-order valence-electron chi connectivity index (χ1n) is 4.03. The summed E-state index contributed by atoms with van der Waals surface area (Å²) in [7, 11) is 1.04. The Kier molecular flexibility index (Phi) is 4.12. The van der Waals surface area contributed by atoms with Gasteiger partial charge < -0.3 is 9.47 Å². The molecule has 0 atom stereocenters. The van der Waals surface area contributed by atoms with Gasteiger partial charge in [-0.3, -0.25) is 0 Å². The second kappa shape index (κ2) is 5.03. The molecular formula is C8H5BrF5NO2. The molecule has 0 aliphatic rings. The fourth-order valence-corrected chi connectivity index (χ4v) is 1.37. The predicted molar refractivity (Wildman–Crippen MR) is 50.1 cm³/mol. The molecule has 0 unspecified atom stereocenters. The van der Waals surface area contributed by atoms with Crippen molar-refractivity contribution in [1.82, 2.24) is 4.98 Å². The maximum absolute atomic E-state index is 12.4. The van der Waals surface area contributed by atoms with Crippen LogP contribution in [-0.4, -0.2) is 18.5 Å². The molecule has 96 valence electrons. The van der Waals surface area contributed by atoms with Crippen LogP contribution in [0.3, 0.4) is 0 Å². The average molecular weight is 322 g/mol. The Morgan fingerprint density at radius 1 is 1.29 bits per heavy atom. The number of aromatic nitrogens is 1. The number of halogens is 6. The van der Waals surface area contributed by atoms with Gasteiger partial charge in [0.15, 0.2) is 5.75 Å². The molecule has 0 saturated carbocycles. The molecule has 0 saturated heterocycles. The Morgan fingerprint density at radius 2 is 1.88 bits per heavy atom. The van der Waals surface area contributed by atoms with E-state index in [1.807, 2.05) is 0 Å². The van der Waals surface area contributed by atoms with E-state index in [0.717, 1.165) is 7.11 Å². The van der Waals surface area contributed by atoms with E-state index in [9.17, 15) is 22.0 Å². The zero-order valence-corrected chi connectivity index (χ0v) is 9.77. The first-order chi connectivity index (χ1) is 7.74. The summed E-state index contributed by atoms with van der Waals surface area (Å²) >= 11 is 2.61. The van der Waals surface area contributed by atoms with E-state index >= 15 is 0 Å². The molecule has 0 spiro atoms. The second-order valence-corrected chi connectivity index (χ2v) is 3.46. The van der Waals surface area contributed by atoms with Crippen molar-refractivity contribution < 1.29 is 31.4 Å². The van der Waals surface area contributed by atoms with Gasteiger partial charge in [0.1, 0.15) is 16.0 Å². The maximum atomic E-state index is 12.4. The van der Waals surface area contributed by atoms with E-state index in [0.29, 0.717) is 6.07 Å². The minimum atomic E-state index is -4.94. The fourth-order valence-electron chi connectivity index (χ4n) is 0.985. The van der Waals surface area contributed by atoms with E-state index < -0.39 is 34.6 Å². The van der Waals surface area contributed by atoms with Gasteiger partial charge in [-0.2, -0.15) is 0 Å². The lowest BCUT2D eigenvalue weighted by atomic mass is 10.3. The van der Waals surface area contributed by atoms with Crippen molar-refractivity contribution in [2.24, 2.45) is 0 Å². The first kappa shape index (κ1) is 13.9. The molecule has 0 amide bonds. The summed E-state index contributed by atoms with van der Waals surface area (Å²) in [6, 6.07) is 0.687. The highest BCUT2D eigenvalue weighted by atomic mass is 79.9. The van der Waals surface area contributed by atoms with E-state index in [1.165, 1.54) is 0 Å². The first-order valence-corrected chi connectivity index (χ1v) is 4.82. The van der Waals surface area contributed by atoms with Gasteiger partial charge in [0.05, 0.1) is 7.11 Å². The van der Waals surface area contributed by atoms with Crippen LogP contribution >= 0.6 is 15.9 Å². The lowest BCUT2D eigenvalue weighted by molar-refractivity contribution is -0.275. The van der Waals surface area contributed by atoms with Crippen molar-refractivity contribution >= 4 is 15.9 Å². The van der Waals surface area contributed by atoms with Crippen molar-refractivity contribution in [3.63, 3.8) is 0 Å². The summed E-state index contributed by atoms with van der Waals surface area (Å²) in [5, 5.41) is 0. The standard InChI is InChI=1S/C8H5BrF5NO2/c1-16-3-2-4(17-8(12,13)14)6(9)15-5(3)7(10)11/h2,7H,1H3. The summed E-state index contributed by atoms with van der Waals surface area (Å²) in [5.41, 5.74) is -0.770. The Morgan fingerprint density at radius 3 is 2.29 bits per heavy atom. The number of alkyl halides is 5. The third kappa shape index (κ3) is 3.69. The fraction of sp³-hybridized carbons (Fsp3) is 0.375. The van der Waals surface area contributed by atoms with Gasteiger partial charge in [-0.15, -0.1) is 13.2 Å². The highest BCUT2D eigenvalue weighted by Gasteiger charge is 2.33. The molecule has 0 fully saturated rings. The number of pyridine rings is 1. The van der Waals surface area contributed by atoms with Crippen LogP contribution in [0.25, 0.3) is 0 Å². The molecule has 0 radical (unpaired) electrons. The molecule has 0 aromatic carbocycles. The van der Waals surface area contributed by atoms with Gasteiger partial charge in [-0.25, -0.2) is 13.8 Å². The predicted octanol–water partition coefficient (Wildman–Crippen LogP) is 3.69. The van der Waals surface area contributed by atoms with Crippen LogP contribution in [0.4, 0.5) is 22.0 Å². The minimum Gasteiger partial charge on any atom is -0.494 e. The quantitative estimate of drug-likeness (QED) is 0.628. The molecule has 0 aliphatic carbocycles. The lowest BCUT2D eigenvalue weighted by Gasteiger charge is -2.13. The topological polar surface area (TPSA) is 31.4 Å². The Balaban J connectivity index is 3.18. The molecule has 1 heterocycles. The molecule has 1 aromatic rings. The maximum Gasteiger partial charge on any atom is 0.573 e. The van der Waals surface area contributed by atoms with Crippen molar-refractivity contribution in [3.8, 4) is 11.5 Å². The molecule has 0 bridgehead atoms. The number of ether oxygens (including phenoxy) is 2. The molecule has 1 aromatic heterocycles. The zero-order chi connectivity index (χ0) is 13.2. The third-order valence-electron chi connectivity index (χ3n) is 1.59. The van der Waals surface area contributed by atoms with Crippen molar-refractivity contribution in [3.05, 3.63) is 16.4 Å². The van der Waals surface area contributed by atoms with Gasteiger partial charge >= 0.3 is 6.36 Å². The summed E-state index contributed by atoms with van der Waals surface area (Å²) in [4.78, 5) is 3.24. The van der Waals surface area contributed by atoms with Crippen LogP contribution in [0.2, 0.25) is 0 Å². The number of nitrogens with zero attached hydrogens (tertiary/aromatic N) is 1. The molecule has 17 heavy (non-hydrogen) atoms. The molecule has 1 rings (SSSR count). The van der Waals surface area contributed by atoms with Crippen molar-refractivity contribution in [2.75, 3.05) is 7.11 Å². The van der Waals surface area contributed by atoms with Crippen LogP contribution in [0, 0.1) is 0 Å². The van der Waals surface area contributed by atoms with Crippen LogP contribution in [0.5, 0.6) is 11.5 Å². The number of hydrogen-bond donors (Lipinski definition) is 0. The van der Waals surface area contributed by atoms with Gasteiger partial charge in [-0.1, -0.05) is 0 Å². The molecule has 0 N–H and O–H groups in total. The Bertz CT molecular complexity index is 410. The average Bonchev–Trinajstić information content (AvgIpc) is 2.18. The minimum absolute atomic E-state index is 0.481. The molecule has 9 heteroatoms. The number of rotatable bonds is 3. The Hall–Kier alpha value is -1.12. The molecule has 0 aliphatic heterocycles. The smallest absolute Gasteiger partial charge is 0.494 e. The van der Waals surface area contributed by atoms with Crippen LogP contribution < -0.4 is 9.47 Å². The van der Waals surface area contributed by atoms with Crippen molar-refractivity contribution in [2.45, 2.75) is 12.8 Å². The highest BCUT2D eigenvalue weighted by molar-refractivity contribution is 9.10. The van der Waals surface area contributed by atoms with Gasteiger partial charge in [0.25, 0.3) is 6.43 Å². The molecular weight excluding hydrogens is 317 g/mol.